The molecule has 0 atom stereocenters. The predicted octanol–water partition coefficient (Wildman–Crippen LogP) is 6.50. The maximum absolute atomic E-state index is 12.5. The lowest BCUT2D eigenvalue weighted by atomic mass is 10.1. The SMILES string of the molecule is Cc1ccc(C2=NC(=Cc3ccc(OCc4ccccc4)c(OCc4ccccc4)c3)C(=O)O2)cc1. The first kappa shape index (κ1) is 23.1. The van der Waals surface area contributed by atoms with Gasteiger partial charge in [-0.3, -0.25) is 0 Å². The Balaban J connectivity index is 1.40. The predicted molar refractivity (Wildman–Crippen MR) is 140 cm³/mol. The summed E-state index contributed by atoms with van der Waals surface area (Å²) in [6.45, 7) is 2.81. The van der Waals surface area contributed by atoms with Crippen LogP contribution in [0.2, 0.25) is 0 Å². The molecule has 0 fully saturated rings. The van der Waals surface area contributed by atoms with Crippen molar-refractivity contribution >= 4 is 17.9 Å². The van der Waals surface area contributed by atoms with Crippen molar-refractivity contribution in [2.24, 2.45) is 4.99 Å². The third-order valence-corrected chi connectivity index (χ3v) is 5.66. The number of hydrogen-bond acceptors (Lipinski definition) is 5. The Morgan fingerprint density at radius 3 is 2.00 bits per heavy atom. The van der Waals surface area contributed by atoms with E-state index < -0.39 is 5.97 Å². The van der Waals surface area contributed by atoms with Crippen LogP contribution in [0.15, 0.2) is 114 Å². The first-order chi connectivity index (χ1) is 17.6. The van der Waals surface area contributed by atoms with Crippen molar-refractivity contribution in [1.29, 1.82) is 0 Å². The van der Waals surface area contributed by atoms with Gasteiger partial charge in [-0.25, -0.2) is 9.79 Å². The highest BCUT2D eigenvalue weighted by Crippen LogP contribution is 2.31. The molecule has 1 aliphatic heterocycles. The molecule has 0 aromatic heterocycles. The molecule has 5 rings (SSSR count). The van der Waals surface area contributed by atoms with Crippen molar-refractivity contribution in [3.8, 4) is 11.5 Å². The summed E-state index contributed by atoms with van der Waals surface area (Å²) in [6, 6.07) is 33.1. The van der Waals surface area contributed by atoms with Gasteiger partial charge in [0.25, 0.3) is 0 Å². The lowest BCUT2D eigenvalue weighted by Crippen LogP contribution is -2.05. The van der Waals surface area contributed by atoms with E-state index in [4.69, 9.17) is 14.2 Å². The van der Waals surface area contributed by atoms with E-state index in [0.29, 0.717) is 30.6 Å². The highest BCUT2D eigenvalue weighted by molar-refractivity contribution is 6.12. The minimum atomic E-state index is -0.485. The molecule has 0 N–H and O–H groups in total. The molecular formula is C31H25NO4. The van der Waals surface area contributed by atoms with Crippen LogP contribution >= 0.6 is 0 Å². The normalized spacial score (nSPS) is 13.9. The molecular weight excluding hydrogens is 450 g/mol. The third-order valence-electron chi connectivity index (χ3n) is 5.66. The van der Waals surface area contributed by atoms with E-state index in [1.807, 2.05) is 110 Å². The average molecular weight is 476 g/mol. The summed E-state index contributed by atoms with van der Waals surface area (Å²) in [5.74, 6) is 1.02. The van der Waals surface area contributed by atoms with Crippen LogP contribution in [0.5, 0.6) is 11.5 Å². The van der Waals surface area contributed by atoms with Crippen LogP contribution in [-0.4, -0.2) is 11.9 Å². The van der Waals surface area contributed by atoms with Gasteiger partial charge in [-0.05, 0) is 54.0 Å². The minimum absolute atomic E-state index is 0.234. The van der Waals surface area contributed by atoms with E-state index in [-0.39, 0.29) is 5.70 Å². The molecule has 5 heteroatoms. The van der Waals surface area contributed by atoms with Gasteiger partial charge in [-0.1, -0.05) is 84.4 Å². The fourth-order valence-electron chi connectivity index (χ4n) is 3.70. The molecule has 0 saturated heterocycles. The van der Waals surface area contributed by atoms with Crippen LogP contribution in [0.25, 0.3) is 6.08 Å². The summed E-state index contributed by atoms with van der Waals surface area (Å²) in [7, 11) is 0. The van der Waals surface area contributed by atoms with Gasteiger partial charge in [0.1, 0.15) is 13.2 Å². The third kappa shape index (κ3) is 5.70. The Hall–Kier alpha value is -4.64. The van der Waals surface area contributed by atoms with Crippen molar-refractivity contribution in [2.45, 2.75) is 20.1 Å². The van der Waals surface area contributed by atoms with E-state index in [1.54, 1.807) is 6.08 Å². The number of benzene rings is 4. The number of ether oxygens (including phenoxy) is 3. The van der Waals surface area contributed by atoms with Crippen molar-refractivity contribution in [1.82, 2.24) is 0 Å². The molecule has 0 radical (unpaired) electrons. The van der Waals surface area contributed by atoms with Gasteiger partial charge in [0.05, 0.1) is 0 Å². The Morgan fingerprint density at radius 1 is 0.750 bits per heavy atom. The molecule has 0 bridgehead atoms. The molecule has 0 amide bonds. The van der Waals surface area contributed by atoms with Crippen molar-refractivity contribution in [3.05, 3.63) is 137 Å². The fourth-order valence-corrected chi connectivity index (χ4v) is 3.70. The van der Waals surface area contributed by atoms with Gasteiger partial charge in [0.15, 0.2) is 17.2 Å². The molecule has 36 heavy (non-hydrogen) atoms. The Morgan fingerprint density at radius 2 is 1.36 bits per heavy atom. The first-order valence-electron chi connectivity index (χ1n) is 11.7. The van der Waals surface area contributed by atoms with Gasteiger partial charge in [-0.2, -0.15) is 0 Å². The number of aryl methyl sites for hydroxylation is 1. The number of aliphatic imine (C=N–C) groups is 1. The first-order valence-corrected chi connectivity index (χ1v) is 11.7. The van der Waals surface area contributed by atoms with Crippen LogP contribution in [0.3, 0.4) is 0 Å². The lowest BCUT2D eigenvalue weighted by molar-refractivity contribution is -0.129. The summed E-state index contributed by atoms with van der Waals surface area (Å²) >= 11 is 0. The zero-order valence-electron chi connectivity index (χ0n) is 19.9. The van der Waals surface area contributed by atoms with Gasteiger partial charge >= 0.3 is 5.97 Å². The maximum atomic E-state index is 12.5. The largest absolute Gasteiger partial charge is 0.485 e. The highest BCUT2D eigenvalue weighted by Gasteiger charge is 2.24. The second-order valence-corrected chi connectivity index (χ2v) is 8.46. The Bertz CT molecular complexity index is 1410. The van der Waals surface area contributed by atoms with Gasteiger partial charge in [-0.15, -0.1) is 0 Å². The molecule has 5 nitrogen and oxygen atoms in total. The quantitative estimate of drug-likeness (QED) is 0.216. The molecule has 0 saturated carbocycles. The standard InChI is InChI=1S/C31H25NO4/c1-22-12-15-26(16-13-22)30-32-27(31(33)36-30)18-25-14-17-28(34-20-23-8-4-2-5-9-23)29(19-25)35-21-24-10-6-3-7-11-24/h2-19H,20-21H2,1H3. The van der Waals surface area contributed by atoms with Crippen molar-refractivity contribution < 1.29 is 19.0 Å². The van der Waals surface area contributed by atoms with E-state index in [0.717, 1.165) is 27.8 Å². The number of hydrogen-bond donors (Lipinski definition) is 0. The molecule has 1 heterocycles. The fraction of sp³-hybridized carbons (Fsp3) is 0.0968. The zero-order chi connectivity index (χ0) is 24.7. The number of nitrogens with zero attached hydrogens (tertiary/aromatic N) is 1. The molecule has 4 aromatic carbocycles. The van der Waals surface area contributed by atoms with Gasteiger partial charge < -0.3 is 14.2 Å². The van der Waals surface area contributed by atoms with E-state index in [9.17, 15) is 4.79 Å². The topological polar surface area (TPSA) is 57.1 Å². The summed E-state index contributed by atoms with van der Waals surface area (Å²) < 4.78 is 17.6. The smallest absolute Gasteiger partial charge is 0.363 e. The Kier molecular flexibility index (Phi) is 6.90. The van der Waals surface area contributed by atoms with Crippen LogP contribution < -0.4 is 9.47 Å². The van der Waals surface area contributed by atoms with Crippen LogP contribution in [0.1, 0.15) is 27.8 Å². The number of rotatable bonds is 8. The summed E-state index contributed by atoms with van der Waals surface area (Å²) in [5.41, 5.74) is 4.97. The second-order valence-electron chi connectivity index (χ2n) is 8.46. The molecule has 0 spiro atoms. The van der Waals surface area contributed by atoms with Crippen molar-refractivity contribution in [3.63, 3.8) is 0 Å². The number of carbonyl (C=O) groups is 1. The Labute approximate surface area is 210 Å². The lowest BCUT2D eigenvalue weighted by Gasteiger charge is -2.14. The van der Waals surface area contributed by atoms with E-state index >= 15 is 0 Å². The summed E-state index contributed by atoms with van der Waals surface area (Å²) in [6.07, 6.45) is 1.69. The van der Waals surface area contributed by atoms with Gasteiger partial charge in [0, 0.05) is 5.56 Å². The van der Waals surface area contributed by atoms with Crippen LogP contribution in [-0.2, 0) is 22.7 Å². The van der Waals surface area contributed by atoms with Crippen LogP contribution in [0, 0.1) is 6.92 Å². The van der Waals surface area contributed by atoms with Gasteiger partial charge in [0.2, 0.25) is 5.90 Å². The number of carbonyl (C=O) groups excluding carboxylic acids is 1. The highest BCUT2D eigenvalue weighted by atomic mass is 16.6. The molecule has 4 aromatic rings. The van der Waals surface area contributed by atoms with Crippen LogP contribution in [0.4, 0.5) is 0 Å². The number of cyclic esters (lactones) is 1. The van der Waals surface area contributed by atoms with Crippen molar-refractivity contribution in [2.75, 3.05) is 0 Å². The molecule has 1 aliphatic rings. The molecule has 178 valence electrons. The monoisotopic (exact) mass is 475 g/mol. The average Bonchev–Trinajstić information content (AvgIpc) is 3.28. The number of esters is 1. The molecule has 0 unspecified atom stereocenters. The maximum Gasteiger partial charge on any atom is 0.363 e. The zero-order valence-corrected chi connectivity index (χ0v) is 19.9. The second kappa shape index (κ2) is 10.7. The van der Waals surface area contributed by atoms with E-state index in [1.165, 1.54) is 0 Å². The summed E-state index contributed by atoms with van der Waals surface area (Å²) in [4.78, 5) is 16.9. The minimum Gasteiger partial charge on any atom is -0.485 e. The van der Waals surface area contributed by atoms with E-state index in [2.05, 4.69) is 4.99 Å². The molecule has 0 aliphatic carbocycles. The summed E-state index contributed by atoms with van der Waals surface area (Å²) in [5, 5.41) is 0.